The zero-order chi connectivity index (χ0) is 22.1. The van der Waals surface area contributed by atoms with Crippen molar-refractivity contribution in [1.29, 1.82) is 0 Å². The van der Waals surface area contributed by atoms with Gasteiger partial charge in [-0.25, -0.2) is 9.48 Å². The van der Waals surface area contributed by atoms with Gasteiger partial charge < -0.3 is 19.1 Å². The van der Waals surface area contributed by atoms with E-state index < -0.39 is 12.2 Å². The molecule has 3 heterocycles. The first-order valence-electron chi connectivity index (χ1n) is 10.4. The van der Waals surface area contributed by atoms with E-state index in [1.807, 2.05) is 61.5 Å². The summed E-state index contributed by atoms with van der Waals surface area (Å²) >= 11 is 0. The van der Waals surface area contributed by atoms with Crippen molar-refractivity contribution in [2.24, 2.45) is 0 Å². The van der Waals surface area contributed by atoms with Gasteiger partial charge in [-0.2, -0.15) is 0 Å². The number of hydrogen-bond acceptors (Lipinski definition) is 8. The predicted molar refractivity (Wildman–Crippen MR) is 116 cm³/mol. The maximum Gasteiger partial charge on any atom is 0.412 e. The molecule has 0 spiro atoms. The van der Waals surface area contributed by atoms with Crippen molar-refractivity contribution in [3.8, 4) is 11.4 Å². The molecule has 5 rings (SSSR count). The van der Waals surface area contributed by atoms with Gasteiger partial charge in [0.2, 0.25) is 0 Å². The Morgan fingerprint density at radius 1 is 1.06 bits per heavy atom. The molecule has 1 N–H and O–H groups in total. The molecule has 2 saturated heterocycles. The highest BCUT2D eigenvalue weighted by Gasteiger charge is 2.51. The molecule has 2 fully saturated rings. The third kappa shape index (κ3) is 3.90. The highest BCUT2D eigenvalue weighted by molar-refractivity contribution is 5.84. The third-order valence-electron chi connectivity index (χ3n) is 5.71. The van der Waals surface area contributed by atoms with Crippen LogP contribution in [0.25, 0.3) is 11.4 Å². The summed E-state index contributed by atoms with van der Waals surface area (Å²) in [6.07, 6.45) is -1.74. The van der Waals surface area contributed by atoms with Crippen LogP contribution in [0.4, 0.5) is 16.2 Å². The maximum atomic E-state index is 12.3. The molecule has 0 aliphatic carbocycles. The van der Waals surface area contributed by atoms with E-state index in [-0.39, 0.29) is 24.9 Å². The summed E-state index contributed by atoms with van der Waals surface area (Å²) < 4.78 is 19.2. The lowest BCUT2D eigenvalue weighted by molar-refractivity contribution is 0.00774. The molecule has 10 heteroatoms. The van der Waals surface area contributed by atoms with Crippen molar-refractivity contribution >= 4 is 17.5 Å². The summed E-state index contributed by atoms with van der Waals surface area (Å²) in [6, 6.07) is 16.9. The minimum Gasteiger partial charge on any atom is -0.441 e. The number of ether oxygens (including phenoxy) is 3. The normalized spacial score (nSPS) is 24.2. The summed E-state index contributed by atoms with van der Waals surface area (Å²) in [4.78, 5) is 14.3. The predicted octanol–water partition coefficient (Wildman–Crippen LogP) is 2.36. The van der Waals surface area contributed by atoms with Crippen LogP contribution in [0.1, 0.15) is 6.04 Å². The molecule has 2 aromatic carbocycles. The smallest absolute Gasteiger partial charge is 0.412 e. The molecule has 4 atom stereocenters. The topological polar surface area (TPSA) is 104 Å². The highest BCUT2D eigenvalue weighted by Crippen LogP contribution is 2.37. The Balaban J connectivity index is 1.27. The number of rotatable bonds is 5. The lowest BCUT2D eigenvalue weighted by atomic mass is 10.1. The first-order chi connectivity index (χ1) is 15.6. The quantitative estimate of drug-likeness (QED) is 0.650. The van der Waals surface area contributed by atoms with Crippen LogP contribution < -0.4 is 10.2 Å². The van der Waals surface area contributed by atoms with E-state index in [0.29, 0.717) is 18.1 Å². The number of anilines is 2. The monoisotopic (exact) mass is 436 g/mol. The number of para-hydroxylation sites is 1. The molecular weight excluding hydrogens is 412 g/mol. The Bertz CT molecular complexity index is 1070. The van der Waals surface area contributed by atoms with Crippen molar-refractivity contribution in [3.63, 3.8) is 0 Å². The molecule has 10 nitrogen and oxygen atoms in total. The van der Waals surface area contributed by atoms with Gasteiger partial charge in [-0.05, 0) is 46.8 Å². The second-order valence-corrected chi connectivity index (χ2v) is 7.99. The number of nitrogens with one attached hydrogen (secondary N) is 1. The van der Waals surface area contributed by atoms with Crippen LogP contribution in [0.2, 0.25) is 0 Å². The fourth-order valence-corrected chi connectivity index (χ4v) is 4.08. The largest absolute Gasteiger partial charge is 0.441 e. The summed E-state index contributed by atoms with van der Waals surface area (Å²) in [5.74, 6) is 0.638. The third-order valence-corrected chi connectivity index (χ3v) is 5.71. The fraction of sp³-hybridized carbons (Fsp3) is 0.364. The van der Waals surface area contributed by atoms with Crippen molar-refractivity contribution in [2.45, 2.75) is 24.4 Å². The number of tetrazole rings is 1. The maximum absolute atomic E-state index is 12.3. The van der Waals surface area contributed by atoms with Crippen LogP contribution in [0.15, 0.2) is 54.6 Å². The lowest BCUT2D eigenvalue weighted by Crippen LogP contribution is -2.35. The Hall–Kier alpha value is -3.50. The van der Waals surface area contributed by atoms with Gasteiger partial charge in [0.1, 0.15) is 18.2 Å². The number of amides is 1. The summed E-state index contributed by atoms with van der Waals surface area (Å²) in [5, 5.41) is 15.0. The Morgan fingerprint density at radius 3 is 2.56 bits per heavy atom. The average molecular weight is 436 g/mol. The zero-order valence-electron chi connectivity index (χ0n) is 17.8. The van der Waals surface area contributed by atoms with Crippen LogP contribution in [-0.2, 0) is 14.2 Å². The Labute approximate surface area is 185 Å². The minimum absolute atomic E-state index is 0.218. The molecule has 2 aliphatic rings. The molecule has 0 saturated carbocycles. The number of fused-ring (bicyclic) bond motifs is 1. The van der Waals surface area contributed by atoms with Crippen LogP contribution in [-0.4, -0.2) is 71.9 Å². The van der Waals surface area contributed by atoms with Crippen molar-refractivity contribution in [3.05, 3.63) is 54.6 Å². The first kappa shape index (κ1) is 20.4. The van der Waals surface area contributed by atoms with E-state index in [1.54, 1.807) is 16.8 Å². The Morgan fingerprint density at radius 2 is 1.81 bits per heavy atom. The molecule has 3 aromatic rings. The van der Waals surface area contributed by atoms with Crippen LogP contribution in [0.5, 0.6) is 0 Å². The Kier molecular flexibility index (Phi) is 5.46. The first-order valence-corrected chi connectivity index (χ1v) is 10.4. The molecule has 32 heavy (non-hydrogen) atoms. The number of aromatic nitrogens is 4. The van der Waals surface area contributed by atoms with Gasteiger partial charge in [0, 0.05) is 31.0 Å². The second-order valence-electron chi connectivity index (χ2n) is 7.99. The van der Waals surface area contributed by atoms with Gasteiger partial charge in [-0.3, -0.25) is 5.32 Å². The fourth-order valence-electron chi connectivity index (χ4n) is 4.08. The van der Waals surface area contributed by atoms with Gasteiger partial charge in [0.25, 0.3) is 0 Å². The van der Waals surface area contributed by atoms with E-state index in [4.69, 9.17) is 14.2 Å². The number of hydrogen-bond donors (Lipinski definition) is 1. The summed E-state index contributed by atoms with van der Waals surface area (Å²) in [7, 11) is 3.98. The molecule has 0 unspecified atom stereocenters. The number of nitrogens with zero attached hydrogens (tertiary/aromatic N) is 5. The summed E-state index contributed by atoms with van der Waals surface area (Å²) in [5.41, 5.74) is 2.65. The van der Waals surface area contributed by atoms with Gasteiger partial charge >= 0.3 is 6.09 Å². The molecule has 1 amide bonds. The van der Waals surface area contributed by atoms with Crippen LogP contribution in [0, 0.1) is 0 Å². The molecule has 166 valence electrons. The van der Waals surface area contributed by atoms with Crippen molar-refractivity contribution in [2.75, 3.05) is 37.5 Å². The number of carbonyl (C=O) groups excluding carboxylic acids is 1. The SMILES string of the molecule is CN(C)c1ccc(-c2nnnn2[C@@H]2CO[C@@H]3[C@@H]2OC[C@H]3OC(=O)Nc2ccccc2)cc1. The van der Waals surface area contributed by atoms with Crippen molar-refractivity contribution in [1.82, 2.24) is 20.2 Å². The molecular formula is C22H24N6O4. The lowest BCUT2D eigenvalue weighted by Gasteiger charge is -2.18. The second kappa shape index (κ2) is 8.56. The highest BCUT2D eigenvalue weighted by atomic mass is 16.6. The van der Waals surface area contributed by atoms with Crippen LogP contribution in [0.3, 0.4) is 0 Å². The van der Waals surface area contributed by atoms with Gasteiger partial charge in [0.15, 0.2) is 11.9 Å². The summed E-state index contributed by atoms with van der Waals surface area (Å²) in [6.45, 7) is 0.617. The van der Waals surface area contributed by atoms with E-state index in [1.165, 1.54) is 0 Å². The van der Waals surface area contributed by atoms with Gasteiger partial charge in [-0.15, -0.1) is 5.10 Å². The van der Waals surface area contributed by atoms with Crippen LogP contribution >= 0.6 is 0 Å². The van der Waals surface area contributed by atoms with E-state index in [9.17, 15) is 4.79 Å². The van der Waals surface area contributed by atoms with E-state index in [0.717, 1.165) is 11.3 Å². The number of carbonyl (C=O) groups is 1. The molecule has 1 aromatic heterocycles. The van der Waals surface area contributed by atoms with Crippen molar-refractivity contribution < 1.29 is 19.0 Å². The molecule has 0 radical (unpaired) electrons. The average Bonchev–Trinajstić information content (AvgIpc) is 3.52. The van der Waals surface area contributed by atoms with E-state index >= 15 is 0 Å². The molecule has 0 bridgehead atoms. The minimum atomic E-state index is -0.540. The van der Waals surface area contributed by atoms with Gasteiger partial charge in [-0.1, -0.05) is 18.2 Å². The van der Waals surface area contributed by atoms with Gasteiger partial charge in [0.05, 0.1) is 13.2 Å². The van der Waals surface area contributed by atoms with E-state index in [2.05, 4.69) is 20.8 Å². The standard InChI is InChI=1S/C22H24N6O4/c1-27(2)16-10-8-14(9-11-16)21-24-25-26-28(21)17-12-30-20-18(13-31-19(17)20)32-22(29)23-15-6-4-3-5-7-15/h3-11,17-20H,12-13H2,1-2H3,(H,23,29)/t17-,18-,19-,20+/m1/s1. The zero-order valence-corrected chi connectivity index (χ0v) is 17.8. The number of benzene rings is 2. The molecule has 2 aliphatic heterocycles.